The van der Waals surface area contributed by atoms with Gasteiger partial charge in [0.05, 0.1) is 13.2 Å². The van der Waals surface area contributed by atoms with E-state index in [9.17, 15) is 4.79 Å². The van der Waals surface area contributed by atoms with Gasteiger partial charge in [0.1, 0.15) is 11.6 Å². The molecule has 1 saturated carbocycles. The van der Waals surface area contributed by atoms with Gasteiger partial charge in [-0.25, -0.2) is 0 Å². The lowest BCUT2D eigenvalue weighted by Gasteiger charge is -2.35. The molecule has 0 unspecified atom stereocenters. The Labute approximate surface area is 103 Å². The number of hydrogen-bond donors (Lipinski definition) is 1. The molecule has 0 atom stereocenters. The Morgan fingerprint density at radius 3 is 2.41 bits per heavy atom. The third-order valence-corrected chi connectivity index (χ3v) is 4.02. The fourth-order valence-electron chi connectivity index (χ4n) is 2.54. The van der Waals surface area contributed by atoms with E-state index in [1.54, 1.807) is 0 Å². The molecule has 0 aromatic carbocycles. The molecule has 2 rings (SSSR count). The van der Waals surface area contributed by atoms with Gasteiger partial charge < -0.3 is 15.2 Å². The van der Waals surface area contributed by atoms with Crippen molar-refractivity contribution in [1.82, 2.24) is 0 Å². The highest BCUT2D eigenvalue weighted by molar-refractivity contribution is 5.80. The SMILES string of the molecule is CC1CCC(N)(C(=O)OC2CCOCC2)CC1. The van der Waals surface area contributed by atoms with Crippen LogP contribution in [-0.4, -0.2) is 30.8 Å². The lowest BCUT2D eigenvalue weighted by atomic mass is 9.78. The maximum Gasteiger partial charge on any atom is 0.326 e. The van der Waals surface area contributed by atoms with E-state index in [1.807, 2.05) is 0 Å². The highest BCUT2D eigenvalue weighted by atomic mass is 16.6. The fourth-order valence-corrected chi connectivity index (χ4v) is 2.54. The van der Waals surface area contributed by atoms with Gasteiger partial charge in [-0.3, -0.25) is 4.79 Å². The summed E-state index contributed by atoms with van der Waals surface area (Å²) in [4.78, 5) is 12.1. The number of hydrogen-bond acceptors (Lipinski definition) is 4. The number of carbonyl (C=O) groups is 1. The molecule has 2 N–H and O–H groups in total. The molecule has 0 spiro atoms. The molecular formula is C13H23NO3. The molecule has 1 aliphatic carbocycles. The van der Waals surface area contributed by atoms with Crippen LogP contribution in [0, 0.1) is 5.92 Å². The average molecular weight is 241 g/mol. The molecule has 1 aliphatic heterocycles. The van der Waals surface area contributed by atoms with Crippen molar-refractivity contribution in [2.75, 3.05) is 13.2 Å². The van der Waals surface area contributed by atoms with Crippen LogP contribution in [0.5, 0.6) is 0 Å². The first kappa shape index (κ1) is 12.8. The predicted molar refractivity (Wildman–Crippen MR) is 64.5 cm³/mol. The zero-order valence-electron chi connectivity index (χ0n) is 10.6. The molecule has 98 valence electrons. The van der Waals surface area contributed by atoms with Gasteiger partial charge in [-0.15, -0.1) is 0 Å². The van der Waals surface area contributed by atoms with Crippen LogP contribution in [0.3, 0.4) is 0 Å². The van der Waals surface area contributed by atoms with Crippen molar-refractivity contribution >= 4 is 5.97 Å². The largest absolute Gasteiger partial charge is 0.461 e. The van der Waals surface area contributed by atoms with Crippen molar-refractivity contribution < 1.29 is 14.3 Å². The van der Waals surface area contributed by atoms with Crippen LogP contribution in [0.2, 0.25) is 0 Å². The fraction of sp³-hybridized carbons (Fsp3) is 0.923. The number of rotatable bonds is 2. The van der Waals surface area contributed by atoms with E-state index in [1.165, 1.54) is 0 Å². The summed E-state index contributed by atoms with van der Waals surface area (Å²) < 4.78 is 10.8. The number of ether oxygens (including phenoxy) is 2. The Kier molecular flexibility index (Phi) is 4.05. The summed E-state index contributed by atoms with van der Waals surface area (Å²) in [6, 6.07) is 0. The summed E-state index contributed by atoms with van der Waals surface area (Å²) in [5.41, 5.74) is 5.44. The molecule has 4 nitrogen and oxygen atoms in total. The molecule has 0 bridgehead atoms. The summed E-state index contributed by atoms with van der Waals surface area (Å²) >= 11 is 0. The molecule has 0 aromatic heterocycles. The summed E-state index contributed by atoms with van der Waals surface area (Å²) in [7, 11) is 0. The lowest BCUT2D eigenvalue weighted by Crippen LogP contribution is -2.52. The van der Waals surface area contributed by atoms with Gasteiger partial charge >= 0.3 is 5.97 Å². The van der Waals surface area contributed by atoms with Crippen molar-refractivity contribution in [3.05, 3.63) is 0 Å². The standard InChI is InChI=1S/C13H23NO3/c1-10-2-6-13(14,7-3-10)12(15)17-11-4-8-16-9-5-11/h10-11H,2-9,14H2,1H3. The Morgan fingerprint density at radius 1 is 1.24 bits per heavy atom. The second kappa shape index (κ2) is 5.36. The molecule has 0 aromatic rings. The lowest BCUT2D eigenvalue weighted by molar-refractivity contribution is -0.161. The van der Waals surface area contributed by atoms with E-state index >= 15 is 0 Å². The molecule has 1 heterocycles. The first-order valence-corrected chi connectivity index (χ1v) is 6.68. The van der Waals surface area contributed by atoms with Crippen LogP contribution in [0.25, 0.3) is 0 Å². The molecule has 0 radical (unpaired) electrons. The van der Waals surface area contributed by atoms with E-state index in [4.69, 9.17) is 15.2 Å². The van der Waals surface area contributed by atoms with Crippen LogP contribution < -0.4 is 5.73 Å². The summed E-state index contributed by atoms with van der Waals surface area (Å²) in [5, 5.41) is 0. The molecule has 1 saturated heterocycles. The zero-order valence-corrected chi connectivity index (χ0v) is 10.6. The van der Waals surface area contributed by atoms with Gasteiger partial charge in [-0.05, 0) is 31.6 Å². The minimum absolute atomic E-state index is 0.0102. The van der Waals surface area contributed by atoms with E-state index in [0.717, 1.165) is 38.5 Å². The summed E-state index contributed by atoms with van der Waals surface area (Å²) in [6.45, 7) is 3.59. The van der Waals surface area contributed by atoms with Crippen LogP contribution >= 0.6 is 0 Å². The van der Waals surface area contributed by atoms with Crippen molar-refractivity contribution in [2.45, 2.75) is 57.1 Å². The third kappa shape index (κ3) is 3.19. The van der Waals surface area contributed by atoms with Gasteiger partial charge in [0.2, 0.25) is 0 Å². The molecular weight excluding hydrogens is 218 g/mol. The van der Waals surface area contributed by atoms with Crippen LogP contribution in [0.15, 0.2) is 0 Å². The van der Waals surface area contributed by atoms with E-state index in [-0.39, 0.29) is 12.1 Å². The summed E-state index contributed by atoms with van der Waals surface area (Å²) in [5.74, 6) is 0.485. The number of carbonyl (C=O) groups excluding carboxylic acids is 1. The monoisotopic (exact) mass is 241 g/mol. The van der Waals surface area contributed by atoms with E-state index < -0.39 is 5.54 Å². The smallest absolute Gasteiger partial charge is 0.326 e. The minimum Gasteiger partial charge on any atom is -0.461 e. The minimum atomic E-state index is -0.731. The molecule has 2 fully saturated rings. The van der Waals surface area contributed by atoms with Crippen molar-refractivity contribution in [1.29, 1.82) is 0 Å². The Balaban J connectivity index is 1.85. The first-order valence-electron chi connectivity index (χ1n) is 6.68. The van der Waals surface area contributed by atoms with Crippen molar-refractivity contribution in [3.8, 4) is 0 Å². The normalized spacial score (nSPS) is 35.5. The molecule has 17 heavy (non-hydrogen) atoms. The van der Waals surface area contributed by atoms with Gasteiger partial charge in [-0.2, -0.15) is 0 Å². The van der Waals surface area contributed by atoms with Crippen molar-refractivity contribution in [3.63, 3.8) is 0 Å². The maximum absolute atomic E-state index is 12.1. The van der Waals surface area contributed by atoms with Gasteiger partial charge in [0.15, 0.2) is 0 Å². The first-order chi connectivity index (χ1) is 8.10. The topological polar surface area (TPSA) is 61.6 Å². The van der Waals surface area contributed by atoms with E-state index in [2.05, 4.69) is 6.92 Å². The quantitative estimate of drug-likeness (QED) is 0.746. The number of nitrogens with two attached hydrogens (primary N) is 1. The maximum atomic E-state index is 12.1. The number of esters is 1. The van der Waals surface area contributed by atoms with Gasteiger partial charge in [-0.1, -0.05) is 6.92 Å². The Bertz CT molecular complexity index is 266. The highest BCUT2D eigenvalue weighted by Gasteiger charge is 2.39. The average Bonchev–Trinajstić information content (AvgIpc) is 2.34. The van der Waals surface area contributed by atoms with Crippen LogP contribution in [-0.2, 0) is 14.3 Å². The molecule has 2 aliphatic rings. The van der Waals surface area contributed by atoms with Crippen LogP contribution in [0.4, 0.5) is 0 Å². The molecule has 4 heteroatoms. The van der Waals surface area contributed by atoms with Gasteiger partial charge in [0, 0.05) is 12.8 Å². The van der Waals surface area contributed by atoms with Gasteiger partial charge in [0.25, 0.3) is 0 Å². The zero-order chi connectivity index (χ0) is 12.3. The second-order valence-electron chi connectivity index (χ2n) is 5.56. The summed E-state index contributed by atoms with van der Waals surface area (Å²) in [6.07, 6.45) is 5.19. The second-order valence-corrected chi connectivity index (χ2v) is 5.56. The predicted octanol–water partition coefficient (Wildman–Crippen LogP) is 1.62. The highest BCUT2D eigenvalue weighted by Crippen LogP contribution is 2.31. The molecule has 0 amide bonds. The Hall–Kier alpha value is -0.610. The Morgan fingerprint density at radius 2 is 1.82 bits per heavy atom. The van der Waals surface area contributed by atoms with E-state index in [0.29, 0.717) is 19.1 Å². The third-order valence-electron chi connectivity index (χ3n) is 4.02. The van der Waals surface area contributed by atoms with Crippen molar-refractivity contribution in [2.24, 2.45) is 11.7 Å². The van der Waals surface area contributed by atoms with Crippen LogP contribution in [0.1, 0.15) is 45.4 Å².